The van der Waals surface area contributed by atoms with Gasteiger partial charge in [-0.1, -0.05) is 18.2 Å². The Hall–Kier alpha value is -2.67. The summed E-state index contributed by atoms with van der Waals surface area (Å²) in [6, 6.07) is 14.4. The van der Waals surface area contributed by atoms with Gasteiger partial charge in [0.1, 0.15) is 18.6 Å². The lowest BCUT2D eigenvalue weighted by Crippen LogP contribution is -2.16. The van der Waals surface area contributed by atoms with Crippen molar-refractivity contribution in [3.63, 3.8) is 0 Å². The highest BCUT2D eigenvalue weighted by atomic mass is 19.4. The maximum Gasteiger partial charge on any atom is 0.411 e. The third kappa shape index (κ3) is 4.45. The van der Waals surface area contributed by atoms with Gasteiger partial charge in [-0.2, -0.15) is 18.3 Å². The van der Waals surface area contributed by atoms with Crippen LogP contribution in [0.25, 0.3) is 16.9 Å². The molecule has 0 aliphatic heterocycles. The lowest BCUT2D eigenvalue weighted by molar-refractivity contribution is -0.176. The quantitative estimate of drug-likeness (QED) is 0.632. The second-order valence-electron chi connectivity index (χ2n) is 5.36. The van der Waals surface area contributed by atoms with Gasteiger partial charge in [0.05, 0.1) is 18.0 Å². The van der Waals surface area contributed by atoms with Gasteiger partial charge in [0, 0.05) is 5.56 Å². The van der Waals surface area contributed by atoms with Crippen LogP contribution in [0.1, 0.15) is 5.56 Å². The molecular weight excluding hydrogens is 336 g/mol. The Morgan fingerprint density at radius 3 is 2.56 bits per heavy atom. The Morgan fingerprint density at radius 2 is 1.84 bits per heavy atom. The van der Waals surface area contributed by atoms with Crippen molar-refractivity contribution in [3.8, 4) is 16.9 Å². The molecule has 129 valence electrons. The highest BCUT2D eigenvalue weighted by Crippen LogP contribution is 2.24. The lowest BCUT2D eigenvalue weighted by atomic mass is 10.1. The number of ether oxygens (including phenoxy) is 1. The average molecular weight is 349 g/mol. The van der Waals surface area contributed by atoms with E-state index in [1.807, 2.05) is 0 Å². The first-order valence-electron chi connectivity index (χ1n) is 7.38. The molecule has 0 unspecified atom stereocenters. The zero-order valence-corrected chi connectivity index (χ0v) is 12.9. The van der Waals surface area contributed by atoms with Crippen LogP contribution in [0.3, 0.4) is 0 Å². The second-order valence-corrected chi connectivity index (χ2v) is 5.36. The van der Waals surface area contributed by atoms with Crippen LogP contribution in [0, 0.1) is 12.0 Å². The maximum absolute atomic E-state index is 13.1. The van der Waals surface area contributed by atoms with E-state index in [9.17, 15) is 17.6 Å². The topological polar surface area (TPSA) is 27.1 Å². The van der Waals surface area contributed by atoms with Crippen molar-refractivity contribution in [2.75, 3.05) is 6.61 Å². The average Bonchev–Trinajstić information content (AvgIpc) is 3.04. The van der Waals surface area contributed by atoms with Gasteiger partial charge < -0.3 is 4.74 Å². The van der Waals surface area contributed by atoms with E-state index < -0.39 is 12.8 Å². The summed E-state index contributed by atoms with van der Waals surface area (Å²) in [6.45, 7) is -1.44. The summed E-state index contributed by atoms with van der Waals surface area (Å²) in [6.07, 6.45) is -1.62. The molecule has 25 heavy (non-hydrogen) atoms. The molecular formula is C18H13F4N2O. The van der Waals surface area contributed by atoms with Crippen LogP contribution in [0.15, 0.2) is 54.6 Å². The monoisotopic (exact) mass is 349 g/mol. The number of halogens is 4. The van der Waals surface area contributed by atoms with Crippen molar-refractivity contribution in [3.05, 3.63) is 72.2 Å². The van der Waals surface area contributed by atoms with Gasteiger partial charge in [-0.15, -0.1) is 0 Å². The van der Waals surface area contributed by atoms with Crippen LogP contribution in [-0.4, -0.2) is 22.6 Å². The molecule has 1 heterocycles. The molecule has 1 radical (unpaired) electrons. The molecule has 3 aromatic rings. The number of hydrogen-bond donors (Lipinski definition) is 0. The fourth-order valence-electron chi connectivity index (χ4n) is 2.35. The standard InChI is InChI=1S/C18H13F4N2O/c19-15-4-6-16(7-5-15)24-17(8-9-23-24)14-3-1-2-13(10-14)11-25-12-18(20,21)22/h1-8,10H,11-12H2. The molecule has 0 atom stereocenters. The molecule has 3 rings (SSSR count). The molecule has 2 aromatic carbocycles. The van der Waals surface area contributed by atoms with Crippen LogP contribution >= 0.6 is 0 Å². The van der Waals surface area contributed by atoms with E-state index in [1.165, 1.54) is 12.1 Å². The number of rotatable bonds is 5. The van der Waals surface area contributed by atoms with Crippen molar-refractivity contribution >= 4 is 0 Å². The van der Waals surface area contributed by atoms with Gasteiger partial charge in [0.2, 0.25) is 0 Å². The SMILES string of the molecule is Fc1ccc(-n2n[c]cc2-c2cccc(COCC(F)(F)F)c2)cc1. The highest BCUT2D eigenvalue weighted by molar-refractivity contribution is 5.62. The molecule has 0 fully saturated rings. The zero-order chi connectivity index (χ0) is 17.9. The molecule has 0 amide bonds. The molecule has 0 N–H and O–H groups in total. The molecule has 0 aliphatic rings. The molecule has 1 aromatic heterocycles. The lowest BCUT2D eigenvalue weighted by Gasteiger charge is -2.10. The first-order chi connectivity index (χ1) is 11.9. The van der Waals surface area contributed by atoms with Crippen LogP contribution in [0.4, 0.5) is 17.6 Å². The van der Waals surface area contributed by atoms with E-state index in [2.05, 4.69) is 16.0 Å². The highest BCUT2D eigenvalue weighted by Gasteiger charge is 2.27. The van der Waals surface area contributed by atoms with E-state index >= 15 is 0 Å². The Labute approximate surface area is 141 Å². The zero-order valence-electron chi connectivity index (χ0n) is 12.9. The van der Waals surface area contributed by atoms with Crippen LogP contribution < -0.4 is 0 Å². The number of benzene rings is 2. The number of aromatic nitrogens is 2. The van der Waals surface area contributed by atoms with Gasteiger partial charge in [0.15, 0.2) is 0 Å². The molecule has 0 spiro atoms. The Kier molecular flexibility index (Phi) is 4.85. The Morgan fingerprint density at radius 1 is 1.08 bits per heavy atom. The number of alkyl halides is 3. The Bertz CT molecular complexity index is 841. The Balaban J connectivity index is 1.82. The van der Waals surface area contributed by atoms with Crippen LogP contribution in [0.5, 0.6) is 0 Å². The summed E-state index contributed by atoms with van der Waals surface area (Å²) in [4.78, 5) is 0. The molecule has 7 heteroatoms. The second kappa shape index (κ2) is 7.06. The smallest absolute Gasteiger partial charge is 0.367 e. The van der Waals surface area contributed by atoms with Crippen molar-refractivity contribution in [2.24, 2.45) is 0 Å². The predicted octanol–water partition coefficient (Wildman–Crippen LogP) is 4.56. The maximum atomic E-state index is 13.1. The van der Waals surface area contributed by atoms with E-state index in [0.717, 1.165) is 5.56 Å². The van der Waals surface area contributed by atoms with E-state index in [0.29, 0.717) is 16.9 Å². The summed E-state index contributed by atoms with van der Waals surface area (Å²) in [7, 11) is 0. The summed E-state index contributed by atoms with van der Waals surface area (Å²) >= 11 is 0. The third-order valence-electron chi connectivity index (χ3n) is 3.42. The molecule has 0 saturated heterocycles. The van der Waals surface area contributed by atoms with Crippen molar-refractivity contribution in [2.45, 2.75) is 12.8 Å². The minimum absolute atomic E-state index is 0.151. The minimum atomic E-state index is -4.35. The van der Waals surface area contributed by atoms with Crippen molar-refractivity contribution in [1.29, 1.82) is 0 Å². The third-order valence-corrected chi connectivity index (χ3v) is 3.42. The first-order valence-corrected chi connectivity index (χ1v) is 7.38. The summed E-state index contributed by atoms with van der Waals surface area (Å²) in [5.41, 5.74) is 2.68. The fraction of sp³-hybridized carbons (Fsp3) is 0.167. The molecule has 0 aliphatic carbocycles. The van der Waals surface area contributed by atoms with E-state index in [-0.39, 0.29) is 12.4 Å². The van der Waals surface area contributed by atoms with E-state index in [1.54, 1.807) is 47.1 Å². The van der Waals surface area contributed by atoms with Crippen LogP contribution in [0.2, 0.25) is 0 Å². The first kappa shape index (κ1) is 17.2. The summed E-state index contributed by atoms with van der Waals surface area (Å²) in [5, 5.41) is 4.11. The fourth-order valence-corrected chi connectivity index (χ4v) is 2.35. The molecule has 0 saturated carbocycles. The van der Waals surface area contributed by atoms with Gasteiger partial charge in [0.25, 0.3) is 0 Å². The number of hydrogen-bond acceptors (Lipinski definition) is 2. The van der Waals surface area contributed by atoms with Gasteiger partial charge in [-0.25, -0.2) is 9.07 Å². The van der Waals surface area contributed by atoms with Gasteiger partial charge in [-0.05, 0) is 42.0 Å². The van der Waals surface area contributed by atoms with Crippen LogP contribution in [-0.2, 0) is 11.3 Å². The van der Waals surface area contributed by atoms with Crippen molar-refractivity contribution < 1.29 is 22.3 Å². The normalized spacial score (nSPS) is 11.7. The largest absolute Gasteiger partial charge is 0.411 e. The summed E-state index contributed by atoms with van der Waals surface area (Å²) in [5.74, 6) is -0.356. The molecule has 3 nitrogen and oxygen atoms in total. The number of nitrogens with zero attached hydrogens (tertiary/aromatic N) is 2. The van der Waals surface area contributed by atoms with E-state index in [4.69, 9.17) is 0 Å². The minimum Gasteiger partial charge on any atom is -0.367 e. The molecule has 0 bridgehead atoms. The van der Waals surface area contributed by atoms with Gasteiger partial charge >= 0.3 is 6.18 Å². The predicted molar refractivity (Wildman–Crippen MR) is 83.5 cm³/mol. The van der Waals surface area contributed by atoms with Crippen molar-refractivity contribution in [1.82, 2.24) is 9.78 Å². The van der Waals surface area contributed by atoms with Gasteiger partial charge in [-0.3, -0.25) is 0 Å². The summed E-state index contributed by atoms with van der Waals surface area (Å²) < 4.78 is 55.8.